The van der Waals surface area contributed by atoms with Crippen molar-refractivity contribution in [1.82, 2.24) is 10.3 Å². The zero-order chi connectivity index (χ0) is 13.6. The fourth-order valence-corrected chi connectivity index (χ4v) is 3.39. The molecular formula is C17H24N2. The van der Waals surface area contributed by atoms with Gasteiger partial charge in [-0.3, -0.25) is 0 Å². The molecule has 1 heterocycles. The van der Waals surface area contributed by atoms with E-state index in [9.17, 15) is 0 Å². The molecule has 0 aliphatic heterocycles. The zero-order valence-corrected chi connectivity index (χ0v) is 12.4. The molecule has 0 radical (unpaired) electrons. The Balaban J connectivity index is 2.17. The van der Waals surface area contributed by atoms with E-state index in [1.807, 2.05) is 0 Å². The van der Waals surface area contributed by atoms with Crippen LogP contribution < -0.4 is 5.32 Å². The third-order valence-electron chi connectivity index (χ3n) is 4.58. The lowest BCUT2D eigenvalue weighted by atomic mass is 9.91. The SMILES string of the molecule is CNCC1(c2c(C)[nH]c3ccc(C(C)C)cc23)CC1. The molecule has 2 N–H and O–H groups in total. The van der Waals surface area contributed by atoms with Gasteiger partial charge in [-0.2, -0.15) is 0 Å². The molecule has 2 aromatic rings. The van der Waals surface area contributed by atoms with E-state index in [1.54, 1.807) is 5.56 Å². The van der Waals surface area contributed by atoms with Crippen LogP contribution in [0.15, 0.2) is 18.2 Å². The second-order valence-corrected chi connectivity index (χ2v) is 6.40. The minimum absolute atomic E-state index is 0.382. The number of likely N-dealkylation sites (N-methyl/N-ethyl adjacent to an activating group) is 1. The summed E-state index contributed by atoms with van der Waals surface area (Å²) in [6.45, 7) is 7.84. The van der Waals surface area contributed by atoms with Crippen molar-refractivity contribution in [3.63, 3.8) is 0 Å². The zero-order valence-electron chi connectivity index (χ0n) is 12.4. The molecule has 1 aromatic heterocycles. The van der Waals surface area contributed by atoms with Crippen LogP contribution in [-0.4, -0.2) is 18.6 Å². The third kappa shape index (κ3) is 1.99. The average Bonchev–Trinajstić information content (AvgIpc) is 3.04. The van der Waals surface area contributed by atoms with Crippen LogP contribution in [-0.2, 0) is 5.41 Å². The standard InChI is InChI=1S/C17H24N2/c1-11(2)13-5-6-15-14(9-13)16(12(3)19-15)17(7-8-17)10-18-4/h5-6,9,11,18-19H,7-8,10H2,1-4H3. The van der Waals surface area contributed by atoms with Crippen molar-refractivity contribution >= 4 is 10.9 Å². The molecule has 19 heavy (non-hydrogen) atoms. The topological polar surface area (TPSA) is 27.8 Å². The van der Waals surface area contributed by atoms with Crippen LogP contribution in [0.25, 0.3) is 10.9 Å². The Kier molecular flexibility index (Phi) is 2.94. The first-order valence-corrected chi connectivity index (χ1v) is 7.35. The van der Waals surface area contributed by atoms with E-state index >= 15 is 0 Å². The molecular weight excluding hydrogens is 232 g/mol. The van der Waals surface area contributed by atoms with Crippen LogP contribution in [0.3, 0.4) is 0 Å². The molecule has 1 fully saturated rings. The Morgan fingerprint density at radius 3 is 2.63 bits per heavy atom. The van der Waals surface area contributed by atoms with Crippen LogP contribution in [0.4, 0.5) is 0 Å². The number of aryl methyl sites for hydroxylation is 1. The molecule has 0 spiro atoms. The molecule has 3 rings (SSSR count). The minimum atomic E-state index is 0.382. The first kappa shape index (κ1) is 12.7. The van der Waals surface area contributed by atoms with Crippen LogP contribution in [0.5, 0.6) is 0 Å². The van der Waals surface area contributed by atoms with Gasteiger partial charge in [-0.05, 0) is 56.0 Å². The van der Waals surface area contributed by atoms with E-state index in [0.29, 0.717) is 11.3 Å². The van der Waals surface area contributed by atoms with Crippen LogP contribution in [0.1, 0.15) is 49.4 Å². The second kappa shape index (κ2) is 4.38. The van der Waals surface area contributed by atoms with E-state index in [4.69, 9.17) is 0 Å². The van der Waals surface area contributed by atoms with E-state index in [1.165, 1.54) is 35.0 Å². The van der Waals surface area contributed by atoms with Crippen LogP contribution >= 0.6 is 0 Å². The Morgan fingerprint density at radius 1 is 1.32 bits per heavy atom. The normalized spacial score (nSPS) is 17.3. The average molecular weight is 256 g/mol. The van der Waals surface area contributed by atoms with Crippen molar-refractivity contribution in [3.05, 3.63) is 35.0 Å². The van der Waals surface area contributed by atoms with Crippen molar-refractivity contribution in [1.29, 1.82) is 0 Å². The molecule has 1 saturated carbocycles. The van der Waals surface area contributed by atoms with Gasteiger partial charge in [0.05, 0.1) is 0 Å². The molecule has 0 amide bonds. The fraction of sp³-hybridized carbons (Fsp3) is 0.529. The number of rotatable bonds is 4. The summed E-state index contributed by atoms with van der Waals surface area (Å²) < 4.78 is 0. The molecule has 2 heteroatoms. The van der Waals surface area contributed by atoms with Gasteiger partial charge in [-0.25, -0.2) is 0 Å². The van der Waals surface area contributed by atoms with Crippen molar-refractivity contribution in [2.75, 3.05) is 13.6 Å². The number of hydrogen-bond donors (Lipinski definition) is 2. The van der Waals surface area contributed by atoms with Crippen molar-refractivity contribution in [2.45, 2.75) is 44.9 Å². The lowest BCUT2D eigenvalue weighted by Crippen LogP contribution is -2.24. The largest absolute Gasteiger partial charge is 0.358 e. The Bertz CT molecular complexity index is 603. The first-order valence-electron chi connectivity index (χ1n) is 7.35. The summed E-state index contributed by atoms with van der Waals surface area (Å²) in [4.78, 5) is 3.57. The predicted molar refractivity (Wildman–Crippen MR) is 82.0 cm³/mol. The summed E-state index contributed by atoms with van der Waals surface area (Å²) in [5.74, 6) is 0.590. The van der Waals surface area contributed by atoms with Gasteiger partial charge in [-0.15, -0.1) is 0 Å². The highest BCUT2D eigenvalue weighted by Gasteiger charge is 2.46. The molecule has 2 nitrogen and oxygen atoms in total. The molecule has 102 valence electrons. The van der Waals surface area contributed by atoms with E-state index in [2.05, 4.69) is 56.3 Å². The molecule has 0 bridgehead atoms. The summed E-state index contributed by atoms with van der Waals surface area (Å²) in [7, 11) is 2.06. The number of aromatic amines is 1. The summed E-state index contributed by atoms with van der Waals surface area (Å²) in [6, 6.07) is 6.90. The quantitative estimate of drug-likeness (QED) is 0.854. The summed E-state index contributed by atoms with van der Waals surface area (Å²) in [6.07, 6.45) is 2.63. The highest BCUT2D eigenvalue weighted by atomic mass is 14.9. The molecule has 0 atom stereocenters. The first-order chi connectivity index (χ1) is 9.07. The molecule has 1 aliphatic rings. The Labute approximate surface area is 115 Å². The number of nitrogens with one attached hydrogen (secondary N) is 2. The second-order valence-electron chi connectivity index (χ2n) is 6.40. The monoisotopic (exact) mass is 256 g/mol. The molecule has 0 unspecified atom stereocenters. The summed E-state index contributed by atoms with van der Waals surface area (Å²) in [5, 5.41) is 4.82. The van der Waals surface area contributed by atoms with E-state index in [-0.39, 0.29) is 0 Å². The lowest BCUT2D eigenvalue weighted by Gasteiger charge is -2.16. The smallest absolute Gasteiger partial charge is 0.0459 e. The number of hydrogen-bond acceptors (Lipinski definition) is 1. The van der Waals surface area contributed by atoms with Gasteiger partial charge < -0.3 is 10.3 Å². The predicted octanol–water partition coefficient (Wildman–Crippen LogP) is 3.85. The maximum absolute atomic E-state index is 3.57. The van der Waals surface area contributed by atoms with Crippen molar-refractivity contribution in [2.24, 2.45) is 0 Å². The lowest BCUT2D eigenvalue weighted by molar-refractivity contribution is 0.625. The summed E-state index contributed by atoms with van der Waals surface area (Å²) >= 11 is 0. The van der Waals surface area contributed by atoms with Gasteiger partial charge in [0.15, 0.2) is 0 Å². The highest BCUT2D eigenvalue weighted by molar-refractivity contribution is 5.87. The highest BCUT2D eigenvalue weighted by Crippen LogP contribution is 2.51. The fourth-order valence-electron chi connectivity index (χ4n) is 3.39. The third-order valence-corrected chi connectivity index (χ3v) is 4.58. The Hall–Kier alpha value is -1.28. The molecule has 0 saturated heterocycles. The number of aromatic nitrogens is 1. The maximum Gasteiger partial charge on any atom is 0.0459 e. The van der Waals surface area contributed by atoms with Gasteiger partial charge in [0.2, 0.25) is 0 Å². The van der Waals surface area contributed by atoms with Gasteiger partial charge in [0, 0.05) is 28.6 Å². The maximum atomic E-state index is 3.57. The van der Waals surface area contributed by atoms with Crippen LogP contribution in [0.2, 0.25) is 0 Å². The van der Waals surface area contributed by atoms with Crippen molar-refractivity contribution in [3.8, 4) is 0 Å². The Morgan fingerprint density at radius 2 is 2.05 bits per heavy atom. The minimum Gasteiger partial charge on any atom is -0.358 e. The number of benzene rings is 1. The van der Waals surface area contributed by atoms with Crippen molar-refractivity contribution < 1.29 is 0 Å². The molecule has 1 aromatic carbocycles. The number of fused-ring (bicyclic) bond motifs is 1. The van der Waals surface area contributed by atoms with Crippen LogP contribution in [0, 0.1) is 6.92 Å². The number of H-pyrrole nitrogens is 1. The van der Waals surface area contributed by atoms with Gasteiger partial charge >= 0.3 is 0 Å². The van der Waals surface area contributed by atoms with Gasteiger partial charge in [0.1, 0.15) is 0 Å². The molecule has 1 aliphatic carbocycles. The van der Waals surface area contributed by atoms with Gasteiger partial charge in [-0.1, -0.05) is 19.9 Å². The summed E-state index contributed by atoms with van der Waals surface area (Å²) in [5.41, 5.74) is 6.02. The van der Waals surface area contributed by atoms with Gasteiger partial charge in [0.25, 0.3) is 0 Å². The van der Waals surface area contributed by atoms with E-state index in [0.717, 1.165) is 6.54 Å². The van der Waals surface area contributed by atoms with E-state index < -0.39 is 0 Å².